The number of nitrogens with zero attached hydrogens (tertiary/aromatic N) is 1. The topological polar surface area (TPSA) is 108 Å². The van der Waals surface area contributed by atoms with Crippen LogP contribution in [-0.4, -0.2) is 25.6 Å². The van der Waals surface area contributed by atoms with E-state index in [1.807, 2.05) is 0 Å². The Morgan fingerprint density at radius 1 is 1.00 bits per heavy atom. The number of benzene rings is 3. The highest BCUT2D eigenvalue weighted by molar-refractivity contribution is 7.92. The average Bonchev–Trinajstić information content (AvgIpc) is 2.71. The smallest absolute Gasteiger partial charge is 0.271 e. The fourth-order valence-electron chi connectivity index (χ4n) is 2.36. The van der Waals surface area contributed by atoms with Gasteiger partial charge in [-0.2, -0.15) is 5.10 Å². The van der Waals surface area contributed by atoms with Crippen LogP contribution in [0.1, 0.15) is 15.9 Å². The minimum Gasteiger partial charge on any atom is -0.507 e. The number of aromatic hydroxyl groups is 1. The molecule has 148 valence electrons. The lowest BCUT2D eigenvalue weighted by Crippen LogP contribution is -2.18. The van der Waals surface area contributed by atoms with Crippen LogP contribution in [0.5, 0.6) is 5.75 Å². The van der Waals surface area contributed by atoms with E-state index in [-0.39, 0.29) is 16.2 Å². The van der Waals surface area contributed by atoms with E-state index in [0.29, 0.717) is 16.3 Å². The number of hydrazone groups is 1. The van der Waals surface area contributed by atoms with Crippen LogP contribution in [0.3, 0.4) is 0 Å². The Morgan fingerprint density at radius 3 is 2.38 bits per heavy atom. The summed E-state index contributed by atoms with van der Waals surface area (Å²) in [4.78, 5) is 12.3. The minimum atomic E-state index is -3.71. The van der Waals surface area contributed by atoms with Gasteiger partial charge in [0.05, 0.1) is 11.1 Å². The highest BCUT2D eigenvalue weighted by atomic mass is 35.5. The molecule has 0 saturated heterocycles. The summed E-state index contributed by atoms with van der Waals surface area (Å²) in [5.74, 6) is -0.525. The molecule has 3 rings (SSSR count). The minimum absolute atomic E-state index is 0.0255. The lowest BCUT2D eigenvalue weighted by molar-refractivity contribution is 0.0955. The normalized spacial score (nSPS) is 11.3. The first kappa shape index (κ1) is 20.4. The van der Waals surface area contributed by atoms with Crippen LogP contribution >= 0.6 is 11.6 Å². The monoisotopic (exact) mass is 429 g/mol. The fraction of sp³-hybridized carbons (Fsp3) is 0. The van der Waals surface area contributed by atoms with E-state index >= 15 is 0 Å². The van der Waals surface area contributed by atoms with Crippen LogP contribution in [0.25, 0.3) is 0 Å². The van der Waals surface area contributed by atoms with E-state index in [1.54, 1.807) is 18.2 Å². The van der Waals surface area contributed by atoms with Gasteiger partial charge in [-0.3, -0.25) is 9.52 Å². The predicted octanol–water partition coefficient (Wildman–Crippen LogP) is 3.61. The molecule has 0 aliphatic rings. The number of hydrogen-bond donors (Lipinski definition) is 3. The van der Waals surface area contributed by atoms with Crippen molar-refractivity contribution in [3.8, 4) is 5.75 Å². The average molecular weight is 430 g/mol. The zero-order chi connectivity index (χ0) is 20.9. The second-order valence-corrected chi connectivity index (χ2v) is 8.02. The molecule has 0 unspecified atom stereocenters. The Labute approximate surface area is 172 Å². The predicted molar refractivity (Wildman–Crippen MR) is 112 cm³/mol. The van der Waals surface area contributed by atoms with Crippen LogP contribution < -0.4 is 10.1 Å². The summed E-state index contributed by atoms with van der Waals surface area (Å²) in [5, 5.41) is 13.9. The maximum Gasteiger partial charge on any atom is 0.271 e. The molecule has 0 radical (unpaired) electrons. The first-order valence-electron chi connectivity index (χ1n) is 8.35. The summed E-state index contributed by atoms with van der Waals surface area (Å²) < 4.78 is 27.1. The second kappa shape index (κ2) is 8.76. The molecule has 0 spiro atoms. The third-order valence-corrected chi connectivity index (χ3v) is 5.44. The van der Waals surface area contributed by atoms with Crippen LogP contribution in [-0.2, 0) is 10.0 Å². The van der Waals surface area contributed by atoms with Gasteiger partial charge < -0.3 is 5.11 Å². The van der Waals surface area contributed by atoms with Crippen molar-refractivity contribution in [2.75, 3.05) is 4.72 Å². The summed E-state index contributed by atoms with van der Waals surface area (Å²) in [7, 11) is -3.71. The Hall–Kier alpha value is -3.36. The Bertz CT molecular complexity index is 1150. The zero-order valence-electron chi connectivity index (χ0n) is 14.9. The molecule has 0 saturated carbocycles. The standard InChI is InChI=1S/C20H16ClN3O4S/c21-16-8-11-19(25)15(12-16)13-22-23-20(26)14-6-9-17(10-7-14)24-29(27,28)18-4-2-1-3-5-18/h1-13,24-25H,(H,23,26)/b22-13-. The van der Waals surface area contributed by atoms with Crippen LogP contribution in [0.15, 0.2) is 82.8 Å². The second-order valence-electron chi connectivity index (χ2n) is 5.90. The van der Waals surface area contributed by atoms with E-state index in [4.69, 9.17) is 11.6 Å². The Balaban J connectivity index is 1.64. The van der Waals surface area contributed by atoms with Gasteiger partial charge in [-0.1, -0.05) is 29.8 Å². The summed E-state index contributed by atoms with van der Waals surface area (Å²) in [6.07, 6.45) is 1.27. The molecule has 29 heavy (non-hydrogen) atoms. The van der Waals surface area contributed by atoms with Crippen molar-refractivity contribution in [3.05, 3.63) is 88.9 Å². The van der Waals surface area contributed by atoms with E-state index < -0.39 is 15.9 Å². The Kier molecular flexibility index (Phi) is 6.16. The first-order chi connectivity index (χ1) is 13.8. The van der Waals surface area contributed by atoms with Gasteiger partial charge in [0, 0.05) is 21.8 Å². The van der Waals surface area contributed by atoms with Gasteiger partial charge in [-0.05, 0) is 54.6 Å². The van der Waals surface area contributed by atoms with Crippen molar-refractivity contribution in [1.82, 2.24) is 5.43 Å². The fourth-order valence-corrected chi connectivity index (χ4v) is 3.62. The maximum atomic E-state index is 12.3. The number of halogens is 1. The molecule has 3 N–H and O–H groups in total. The molecular formula is C20H16ClN3O4S. The maximum absolute atomic E-state index is 12.3. The number of rotatable bonds is 6. The van der Waals surface area contributed by atoms with Crippen molar-refractivity contribution < 1.29 is 18.3 Å². The highest BCUT2D eigenvalue weighted by Gasteiger charge is 2.13. The largest absolute Gasteiger partial charge is 0.507 e. The highest BCUT2D eigenvalue weighted by Crippen LogP contribution is 2.19. The summed E-state index contributed by atoms with van der Waals surface area (Å²) in [6, 6.07) is 18.3. The van der Waals surface area contributed by atoms with E-state index in [9.17, 15) is 18.3 Å². The van der Waals surface area contributed by atoms with Crippen LogP contribution in [0.4, 0.5) is 5.69 Å². The van der Waals surface area contributed by atoms with E-state index in [1.165, 1.54) is 60.8 Å². The number of hydrogen-bond acceptors (Lipinski definition) is 5. The van der Waals surface area contributed by atoms with Crippen molar-refractivity contribution in [2.45, 2.75) is 4.90 Å². The number of sulfonamides is 1. The summed E-state index contributed by atoms with van der Waals surface area (Å²) >= 11 is 5.85. The molecule has 0 bridgehead atoms. The molecule has 0 fully saturated rings. The molecular weight excluding hydrogens is 414 g/mol. The van der Waals surface area contributed by atoms with Crippen LogP contribution in [0.2, 0.25) is 5.02 Å². The molecule has 1 amide bonds. The third kappa shape index (κ3) is 5.34. The molecule has 3 aromatic carbocycles. The van der Waals surface area contributed by atoms with E-state index in [2.05, 4.69) is 15.2 Å². The van der Waals surface area contributed by atoms with Crippen molar-refractivity contribution in [3.63, 3.8) is 0 Å². The summed E-state index contributed by atoms with van der Waals surface area (Å²) in [6.45, 7) is 0. The number of carbonyl (C=O) groups excluding carboxylic acids is 1. The van der Waals surface area contributed by atoms with Gasteiger partial charge in [0.1, 0.15) is 5.75 Å². The van der Waals surface area contributed by atoms with Gasteiger partial charge >= 0.3 is 0 Å². The van der Waals surface area contributed by atoms with Gasteiger partial charge in [0.2, 0.25) is 0 Å². The molecule has 3 aromatic rings. The van der Waals surface area contributed by atoms with Crippen molar-refractivity contribution in [1.29, 1.82) is 0 Å². The lowest BCUT2D eigenvalue weighted by Gasteiger charge is -2.08. The first-order valence-corrected chi connectivity index (χ1v) is 10.2. The molecule has 0 aromatic heterocycles. The number of amides is 1. The number of nitrogens with one attached hydrogen (secondary N) is 2. The third-order valence-electron chi connectivity index (χ3n) is 3.81. The number of carbonyl (C=O) groups is 1. The number of phenols is 1. The molecule has 9 heteroatoms. The number of anilines is 1. The molecule has 0 heterocycles. The molecule has 0 atom stereocenters. The van der Waals surface area contributed by atoms with Gasteiger partial charge in [0.25, 0.3) is 15.9 Å². The van der Waals surface area contributed by atoms with Crippen molar-refractivity contribution >= 4 is 39.4 Å². The van der Waals surface area contributed by atoms with Gasteiger partial charge in [-0.25, -0.2) is 13.8 Å². The molecule has 7 nitrogen and oxygen atoms in total. The van der Waals surface area contributed by atoms with Gasteiger partial charge in [-0.15, -0.1) is 0 Å². The van der Waals surface area contributed by atoms with Crippen LogP contribution in [0, 0.1) is 0 Å². The molecule has 0 aliphatic heterocycles. The van der Waals surface area contributed by atoms with Gasteiger partial charge in [0.15, 0.2) is 0 Å². The SMILES string of the molecule is O=C(N/N=C\c1cc(Cl)ccc1O)c1ccc(NS(=O)(=O)c2ccccc2)cc1. The van der Waals surface area contributed by atoms with E-state index in [0.717, 1.165) is 0 Å². The quantitative estimate of drug-likeness (QED) is 0.411. The summed E-state index contributed by atoms with van der Waals surface area (Å²) in [5.41, 5.74) is 3.27. The molecule has 0 aliphatic carbocycles. The number of phenolic OH excluding ortho intramolecular Hbond substituents is 1. The Morgan fingerprint density at radius 2 is 1.69 bits per heavy atom. The zero-order valence-corrected chi connectivity index (χ0v) is 16.5. The lowest BCUT2D eigenvalue weighted by atomic mass is 10.2. The van der Waals surface area contributed by atoms with Crippen molar-refractivity contribution in [2.24, 2.45) is 5.10 Å².